The molecule has 100 valence electrons. The average molecular weight is 257 g/mol. The fourth-order valence-corrected chi connectivity index (χ4v) is 1.93. The molecule has 0 aliphatic carbocycles. The van der Waals surface area contributed by atoms with Crippen LogP contribution in [0.2, 0.25) is 0 Å². The maximum absolute atomic E-state index is 11.8. The molecule has 0 bridgehead atoms. The number of hydrogen-bond donors (Lipinski definition) is 1. The Balaban J connectivity index is 3.03. The highest BCUT2D eigenvalue weighted by atomic mass is 16.6. The van der Waals surface area contributed by atoms with Gasteiger partial charge in [-0.3, -0.25) is 10.2 Å². The van der Waals surface area contributed by atoms with Gasteiger partial charge in [0, 0.05) is 24.0 Å². The van der Waals surface area contributed by atoms with Crippen molar-refractivity contribution in [3.8, 4) is 0 Å². The maximum Gasteiger partial charge on any atom is 0.353 e. The predicted octanol–water partition coefficient (Wildman–Crippen LogP) is -0.757. The van der Waals surface area contributed by atoms with Gasteiger partial charge in [0.1, 0.15) is 0 Å². The minimum atomic E-state index is -1.68. The van der Waals surface area contributed by atoms with E-state index in [1.54, 1.807) is 7.05 Å². The van der Waals surface area contributed by atoms with E-state index in [0.29, 0.717) is 6.54 Å². The number of rotatable bonds is 4. The largest absolute Gasteiger partial charge is 0.466 e. The number of hydrogen-bond acceptors (Lipinski definition) is 7. The summed E-state index contributed by atoms with van der Waals surface area (Å²) < 4.78 is 9.27. The van der Waals surface area contributed by atoms with Crippen molar-refractivity contribution >= 4 is 11.9 Å². The number of methoxy groups -OCH3 is 2. The first kappa shape index (κ1) is 14.2. The summed E-state index contributed by atoms with van der Waals surface area (Å²) in [6, 6.07) is -0.293. The fourth-order valence-electron chi connectivity index (χ4n) is 1.93. The normalized spacial score (nSPS) is 22.1. The Kier molecular flexibility index (Phi) is 4.49. The van der Waals surface area contributed by atoms with Crippen molar-refractivity contribution in [3.05, 3.63) is 10.4 Å². The van der Waals surface area contributed by atoms with Crippen LogP contribution in [0.4, 0.5) is 0 Å². The van der Waals surface area contributed by atoms with Gasteiger partial charge < -0.3 is 9.47 Å². The molecule has 1 saturated heterocycles. The van der Waals surface area contributed by atoms with Crippen LogP contribution in [0.25, 0.3) is 10.4 Å². The zero-order valence-electron chi connectivity index (χ0n) is 10.4. The number of likely N-dealkylation sites (N-methyl/N-ethyl adjacent to an activating group) is 1. The lowest BCUT2D eigenvalue weighted by Crippen LogP contribution is -2.64. The molecule has 1 rings (SSSR count). The van der Waals surface area contributed by atoms with Gasteiger partial charge >= 0.3 is 11.9 Å². The van der Waals surface area contributed by atoms with Gasteiger partial charge in [-0.15, -0.1) is 0 Å². The highest BCUT2D eigenvalue weighted by Crippen LogP contribution is 2.23. The van der Waals surface area contributed by atoms with Crippen LogP contribution in [-0.2, 0) is 19.1 Å². The van der Waals surface area contributed by atoms with Crippen LogP contribution in [0.15, 0.2) is 5.11 Å². The Labute approximate surface area is 104 Å². The molecule has 1 N–H and O–H groups in total. The van der Waals surface area contributed by atoms with E-state index in [9.17, 15) is 9.59 Å². The van der Waals surface area contributed by atoms with Crippen LogP contribution in [-0.4, -0.2) is 62.9 Å². The number of azide groups is 1. The van der Waals surface area contributed by atoms with Crippen LogP contribution in [0, 0.1) is 0 Å². The van der Waals surface area contributed by atoms with Gasteiger partial charge in [-0.25, -0.2) is 9.59 Å². The third-order valence-corrected chi connectivity index (χ3v) is 2.99. The van der Waals surface area contributed by atoms with Crippen LogP contribution in [0.5, 0.6) is 0 Å². The van der Waals surface area contributed by atoms with E-state index in [1.165, 1.54) is 19.1 Å². The van der Waals surface area contributed by atoms with E-state index in [4.69, 9.17) is 5.53 Å². The van der Waals surface area contributed by atoms with E-state index in [2.05, 4.69) is 24.8 Å². The summed E-state index contributed by atoms with van der Waals surface area (Å²) in [6.45, 7) is 0.440. The second kappa shape index (κ2) is 5.67. The predicted molar refractivity (Wildman–Crippen MR) is 60.3 cm³/mol. The Bertz CT molecular complexity index is 376. The molecule has 0 aromatic carbocycles. The van der Waals surface area contributed by atoms with Gasteiger partial charge in [0.05, 0.1) is 14.2 Å². The van der Waals surface area contributed by atoms with Gasteiger partial charge in [-0.1, -0.05) is 5.11 Å². The number of carbonyl (C=O) groups is 2. The van der Waals surface area contributed by atoms with E-state index < -0.39 is 17.6 Å². The molecule has 1 atom stereocenters. The first-order chi connectivity index (χ1) is 8.54. The molecule has 0 unspecified atom stereocenters. The van der Waals surface area contributed by atoms with Gasteiger partial charge in [0.15, 0.2) is 0 Å². The van der Waals surface area contributed by atoms with Crippen molar-refractivity contribution in [2.75, 3.05) is 34.4 Å². The molecule has 1 fully saturated rings. The summed E-state index contributed by atoms with van der Waals surface area (Å²) in [4.78, 5) is 27.8. The Morgan fingerprint density at radius 3 is 2.50 bits per heavy atom. The van der Waals surface area contributed by atoms with E-state index >= 15 is 0 Å². The highest BCUT2D eigenvalue weighted by molar-refractivity contribution is 6.04. The number of ether oxygens (including phenoxy) is 2. The van der Waals surface area contributed by atoms with Crippen molar-refractivity contribution in [2.24, 2.45) is 5.11 Å². The van der Waals surface area contributed by atoms with Crippen LogP contribution in [0.3, 0.4) is 0 Å². The average Bonchev–Trinajstić information content (AvgIpc) is 2.73. The Morgan fingerprint density at radius 2 is 2.06 bits per heavy atom. The van der Waals surface area contributed by atoms with Gasteiger partial charge in [0.25, 0.3) is 5.66 Å². The molecule has 0 radical (unpaired) electrons. The molecule has 0 saturated carbocycles. The zero-order valence-corrected chi connectivity index (χ0v) is 10.4. The summed E-state index contributed by atoms with van der Waals surface area (Å²) in [5.41, 5.74) is 6.61. The summed E-state index contributed by atoms with van der Waals surface area (Å²) in [5, 5.41) is 6.21. The van der Waals surface area contributed by atoms with Crippen molar-refractivity contribution in [1.29, 1.82) is 0 Å². The lowest BCUT2D eigenvalue weighted by molar-refractivity contribution is -0.171. The second-order valence-electron chi connectivity index (χ2n) is 3.75. The quantitative estimate of drug-likeness (QED) is 0.233. The summed E-state index contributed by atoms with van der Waals surface area (Å²) in [6.07, 6.45) is 0. The molecule has 0 spiro atoms. The molecule has 9 heteroatoms. The fraction of sp³-hybridized carbons (Fsp3) is 0.778. The summed E-state index contributed by atoms with van der Waals surface area (Å²) >= 11 is 0. The lowest BCUT2D eigenvalue weighted by atomic mass is 10.1. The molecule has 1 heterocycles. The zero-order chi connectivity index (χ0) is 13.8. The van der Waals surface area contributed by atoms with Crippen molar-refractivity contribution in [1.82, 2.24) is 10.2 Å². The highest BCUT2D eigenvalue weighted by Gasteiger charge is 2.57. The van der Waals surface area contributed by atoms with Crippen LogP contribution < -0.4 is 5.32 Å². The van der Waals surface area contributed by atoms with Crippen molar-refractivity contribution in [2.45, 2.75) is 11.7 Å². The molecular formula is C9H15N5O4. The molecule has 9 nitrogen and oxygen atoms in total. The molecule has 18 heavy (non-hydrogen) atoms. The van der Waals surface area contributed by atoms with E-state index in [1.807, 2.05) is 0 Å². The summed E-state index contributed by atoms with van der Waals surface area (Å²) in [5.74, 6) is -1.53. The monoisotopic (exact) mass is 257 g/mol. The third kappa shape index (κ3) is 2.10. The van der Waals surface area contributed by atoms with E-state index in [0.717, 1.165) is 0 Å². The molecule has 0 amide bonds. The third-order valence-electron chi connectivity index (χ3n) is 2.99. The lowest BCUT2D eigenvalue weighted by Gasteiger charge is -2.31. The van der Waals surface area contributed by atoms with Crippen LogP contribution >= 0.6 is 0 Å². The molecule has 1 aliphatic heterocycles. The van der Waals surface area contributed by atoms with Crippen LogP contribution in [0.1, 0.15) is 0 Å². The first-order valence-electron chi connectivity index (χ1n) is 5.20. The number of esters is 2. The minimum Gasteiger partial charge on any atom is -0.466 e. The number of nitrogens with one attached hydrogen (secondary N) is 1. The van der Waals surface area contributed by atoms with Crippen molar-refractivity contribution in [3.63, 3.8) is 0 Å². The maximum atomic E-state index is 11.8. The van der Waals surface area contributed by atoms with Gasteiger partial charge in [-0.2, -0.15) is 0 Å². The number of carbonyl (C=O) groups excluding carboxylic acids is 2. The molecule has 0 aromatic rings. The minimum absolute atomic E-state index is 0.135. The molecule has 1 aliphatic rings. The molecular weight excluding hydrogens is 242 g/mol. The summed E-state index contributed by atoms with van der Waals surface area (Å²) in [7, 11) is 3.93. The second-order valence-corrected chi connectivity index (χ2v) is 3.75. The SMILES string of the molecule is COC(=O)C1(C(=O)OC)NC[C@@H](CN=[N+]=[N-])N1C. The smallest absolute Gasteiger partial charge is 0.353 e. The Morgan fingerprint density at radius 1 is 1.50 bits per heavy atom. The van der Waals surface area contributed by atoms with Gasteiger partial charge in [-0.05, 0) is 12.6 Å². The number of nitrogens with zero attached hydrogens (tertiary/aromatic N) is 4. The van der Waals surface area contributed by atoms with Crippen molar-refractivity contribution < 1.29 is 19.1 Å². The standard InChI is InChI=1S/C9H15N5O4/c1-14-6(5-12-13-10)4-11-9(14,7(15)17-2)8(16)18-3/h6,11H,4-5H2,1-3H3/t6-/m0/s1. The topological polar surface area (TPSA) is 117 Å². The molecule has 0 aromatic heterocycles. The first-order valence-corrected chi connectivity index (χ1v) is 5.20. The Hall–Kier alpha value is -1.83. The van der Waals surface area contributed by atoms with Gasteiger partial charge in [0.2, 0.25) is 0 Å². The van der Waals surface area contributed by atoms with E-state index in [-0.39, 0.29) is 12.6 Å².